The number of amides is 1. The van der Waals surface area contributed by atoms with Crippen LogP contribution in [0.25, 0.3) is 0 Å². The molecule has 110 valence electrons. The van der Waals surface area contributed by atoms with Gasteiger partial charge in [0, 0.05) is 12.6 Å². The summed E-state index contributed by atoms with van der Waals surface area (Å²) in [5, 5.41) is 0. The van der Waals surface area contributed by atoms with Crippen molar-refractivity contribution in [2.24, 2.45) is 11.1 Å². The molecule has 1 rings (SSSR count). The first-order valence-corrected chi connectivity index (χ1v) is 8.05. The lowest BCUT2D eigenvalue weighted by Crippen LogP contribution is -2.51. The maximum absolute atomic E-state index is 13.0. The third-order valence-electron chi connectivity index (χ3n) is 3.95. The largest absolute Gasteiger partial charge is 0.392 e. The van der Waals surface area contributed by atoms with Gasteiger partial charge in [0.25, 0.3) is 0 Å². The molecule has 0 saturated heterocycles. The topological polar surface area (TPSA) is 46.3 Å². The molecule has 4 heteroatoms. The number of carbonyl (C=O) groups excluding carboxylic acids is 1. The number of hydrogen-bond donors (Lipinski definition) is 1. The average molecular weight is 284 g/mol. The second-order valence-corrected chi connectivity index (χ2v) is 6.12. The Hall–Kier alpha value is -0.640. The van der Waals surface area contributed by atoms with Gasteiger partial charge in [-0.05, 0) is 32.1 Å². The summed E-state index contributed by atoms with van der Waals surface area (Å²) in [4.78, 5) is 15.5. The fraction of sp³-hybridized carbons (Fsp3) is 0.867. The molecule has 0 spiro atoms. The molecule has 1 fully saturated rings. The van der Waals surface area contributed by atoms with Crippen LogP contribution in [-0.2, 0) is 4.79 Å². The van der Waals surface area contributed by atoms with Gasteiger partial charge in [0.05, 0.1) is 10.4 Å². The van der Waals surface area contributed by atoms with Crippen molar-refractivity contribution in [3.63, 3.8) is 0 Å². The summed E-state index contributed by atoms with van der Waals surface area (Å²) < 4.78 is 0. The van der Waals surface area contributed by atoms with Gasteiger partial charge in [-0.1, -0.05) is 45.8 Å². The maximum atomic E-state index is 13.0. The molecule has 0 unspecified atom stereocenters. The molecule has 1 amide bonds. The van der Waals surface area contributed by atoms with Gasteiger partial charge in [-0.3, -0.25) is 4.79 Å². The SMILES string of the molecule is CCCN(C(=O)C(CCC)(CCC)C(N)=S)C1CC1. The van der Waals surface area contributed by atoms with Crippen LogP contribution < -0.4 is 5.73 Å². The molecule has 1 saturated carbocycles. The van der Waals surface area contributed by atoms with E-state index in [-0.39, 0.29) is 5.91 Å². The summed E-state index contributed by atoms with van der Waals surface area (Å²) in [5.41, 5.74) is 5.38. The fourth-order valence-corrected chi connectivity index (χ4v) is 3.19. The number of thiocarbonyl (C=S) groups is 1. The normalized spacial score (nSPS) is 15.3. The maximum Gasteiger partial charge on any atom is 0.235 e. The lowest BCUT2D eigenvalue weighted by Gasteiger charge is -2.36. The standard InChI is InChI=1S/C15H28N2OS/c1-4-9-15(10-5-2,13(16)19)14(18)17(11-6-3)12-7-8-12/h12H,4-11H2,1-3H3,(H2,16,19). The Balaban J connectivity index is 2.99. The van der Waals surface area contributed by atoms with Gasteiger partial charge in [0.15, 0.2) is 0 Å². The smallest absolute Gasteiger partial charge is 0.235 e. The molecule has 0 radical (unpaired) electrons. The van der Waals surface area contributed by atoms with Gasteiger partial charge in [-0.25, -0.2) is 0 Å². The van der Waals surface area contributed by atoms with Crippen LogP contribution in [0.4, 0.5) is 0 Å². The number of rotatable bonds is 9. The third kappa shape index (κ3) is 3.68. The van der Waals surface area contributed by atoms with Crippen molar-refractivity contribution in [1.29, 1.82) is 0 Å². The van der Waals surface area contributed by atoms with Crippen LogP contribution in [0.3, 0.4) is 0 Å². The molecule has 0 aliphatic heterocycles. The number of nitrogens with two attached hydrogens (primary N) is 1. The Labute approximate surface area is 122 Å². The van der Waals surface area contributed by atoms with Gasteiger partial charge in [0.2, 0.25) is 5.91 Å². The van der Waals surface area contributed by atoms with E-state index in [0.717, 1.165) is 51.5 Å². The van der Waals surface area contributed by atoms with E-state index >= 15 is 0 Å². The van der Waals surface area contributed by atoms with Crippen molar-refractivity contribution >= 4 is 23.1 Å². The Bertz CT molecular complexity index is 320. The highest BCUT2D eigenvalue weighted by atomic mass is 32.1. The Morgan fingerprint density at radius 1 is 1.21 bits per heavy atom. The number of nitrogens with zero attached hydrogens (tertiary/aromatic N) is 1. The summed E-state index contributed by atoms with van der Waals surface area (Å²) in [6.45, 7) is 7.14. The minimum Gasteiger partial charge on any atom is -0.392 e. The van der Waals surface area contributed by atoms with Crippen LogP contribution >= 0.6 is 12.2 Å². The summed E-state index contributed by atoms with van der Waals surface area (Å²) in [5.74, 6) is 0.188. The van der Waals surface area contributed by atoms with Crippen molar-refractivity contribution in [1.82, 2.24) is 4.90 Å². The van der Waals surface area contributed by atoms with Crippen LogP contribution in [0.5, 0.6) is 0 Å². The lowest BCUT2D eigenvalue weighted by molar-refractivity contribution is -0.139. The van der Waals surface area contributed by atoms with Crippen molar-refractivity contribution in [3.05, 3.63) is 0 Å². The van der Waals surface area contributed by atoms with Gasteiger partial charge < -0.3 is 10.6 Å². The lowest BCUT2D eigenvalue weighted by atomic mass is 9.77. The van der Waals surface area contributed by atoms with Crippen LogP contribution in [0.1, 0.15) is 65.7 Å². The summed E-state index contributed by atoms with van der Waals surface area (Å²) in [7, 11) is 0. The second kappa shape index (κ2) is 7.22. The van der Waals surface area contributed by atoms with Crippen molar-refractivity contribution in [2.45, 2.75) is 71.8 Å². The minimum absolute atomic E-state index is 0.188. The van der Waals surface area contributed by atoms with Crippen molar-refractivity contribution < 1.29 is 4.79 Å². The molecule has 1 aliphatic rings. The second-order valence-electron chi connectivity index (χ2n) is 5.68. The molecule has 0 atom stereocenters. The molecule has 0 bridgehead atoms. The molecule has 19 heavy (non-hydrogen) atoms. The van der Waals surface area contributed by atoms with E-state index in [1.807, 2.05) is 4.90 Å². The van der Waals surface area contributed by atoms with Crippen LogP contribution in [0.2, 0.25) is 0 Å². The number of hydrogen-bond acceptors (Lipinski definition) is 2. The predicted octanol–water partition coefficient (Wildman–Crippen LogP) is 3.26. The molecule has 0 aromatic heterocycles. The van der Waals surface area contributed by atoms with E-state index in [0.29, 0.717) is 11.0 Å². The van der Waals surface area contributed by atoms with Crippen molar-refractivity contribution in [2.75, 3.05) is 6.54 Å². The predicted molar refractivity (Wildman–Crippen MR) is 84.1 cm³/mol. The molecule has 0 aromatic carbocycles. The molecular formula is C15H28N2OS. The van der Waals surface area contributed by atoms with E-state index in [9.17, 15) is 4.79 Å². The van der Waals surface area contributed by atoms with E-state index in [1.54, 1.807) is 0 Å². The number of carbonyl (C=O) groups is 1. The Morgan fingerprint density at radius 2 is 1.74 bits per heavy atom. The van der Waals surface area contributed by atoms with E-state index in [1.165, 1.54) is 0 Å². The fourth-order valence-electron chi connectivity index (χ4n) is 2.90. The third-order valence-corrected chi connectivity index (χ3v) is 4.34. The summed E-state index contributed by atoms with van der Waals surface area (Å²) in [6, 6.07) is 0.440. The highest BCUT2D eigenvalue weighted by molar-refractivity contribution is 7.80. The minimum atomic E-state index is -0.601. The first-order chi connectivity index (χ1) is 9.03. The zero-order valence-electron chi connectivity index (χ0n) is 12.6. The highest BCUT2D eigenvalue weighted by Gasteiger charge is 2.45. The van der Waals surface area contributed by atoms with Gasteiger partial charge in [-0.2, -0.15) is 0 Å². The first kappa shape index (κ1) is 16.4. The quantitative estimate of drug-likeness (QED) is 0.661. The van der Waals surface area contributed by atoms with Crippen LogP contribution in [0, 0.1) is 5.41 Å². The average Bonchev–Trinajstić information content (AvgIpc) is 3.18. The van der Waals surface area contributed by atoms with Gasteiger partial charge in [0.1, 0.15) is 0 Å². The van der Waals surface area contributed by atoms with Crippen LogP contribution in [0.15, 0.2) is 0 Å². The van der Waals surface area contributed by atoms with Crippen LogP contribution in [-0.4, -0.2) is 28.4 Å². The zero-order chi connectivity index (χ0) is 14.5. The zero-order valence-corrected chi connectivity index (χ0v) is 13.4. The van der Waals surface area contributed by atoms with E-state index in [2.05, 4.69) is 20.8 Å². The van der Waals surface area contributed by atoms with Crippen molar-refractivity contribution in [3.8, 4) is 0 Å². The molecule has 2 N–H and O–H groups in total. The Morgan fingerprint density at radius 3 is 2.05 bits per heavy atom. The molecule has 1 aliphatic carbocycles. The van der Waals surface area contributed by atoms with E-state index < -0.39 is 5.41 Å². The summed E-state index contributed by atoms with van der Waals surface area (Å²) >= 11 is 5.28. The molecule has 0 aromatic rings. The van der Waals surface area contributed by atoms with Gasteiger partial charge in [-0.15, -0.1) is 0 Å². The Kier molecular flexibility index (Phi) is 6.24. The summed E-state index contributed by atoms with van der Waals surface area (Å²) in [6.07, 6.45) is 6.70. The molecule has 0 heterocycles. The highest BCUT2D eigenvalue weighted by Crippen LogP contribution is 2.37. The van der Waals surface area contributed by atoms with E-state index in [4.69, 9.17) is 18.0 Å². The van der Waals surface area contributed by atoms with Gasteiger partial charge >= 0.3 is 0 Å². The molecular weight excluding hydrogens is 256 g/mol. The molecule has 3 nitrogen and oxygen atoms in total. The monoisotopic (exact) mass is 284 g/mol. The first-order valence-electron chi connectivity index (χ1n) is 7.64.